The van der Waals surface area contributed by atoms with E-state index in [4.69, 9.17) is 9.26 Å². The van der Waals surface area contributed by atoms with Crippen LogP contribution in [-0.2, 0) is 27.4 Å². The highest BCUT2D eigenvalue weighted by atomic mass is 19.1. The van der Waals surface area contributed by atoms with Gasteiger partial charge < -0.3 is 19.1 Å². The van der Waals surface area contributed by atoms with Crippen LogP contribution in [0.2, 0.25) is 0 Å². The van der Waals surface area contributed by atoms with E-state index in [0.29, 0.717) is 18.8 Å². The van der Waals surface area contributed by atoms with Gasteiger partial charge in [-0.1, -0.05) is 29.4 Å². The lowest BCUT2D eigenvalue weighted by atomic mass is 9.76. The van der Waals surface area contributed by atoms with Gasteiger partial charge in [0, 0.05) is 19.7 Å². The molecule has 2 saturated heterocycles. The summed E-state index contributed by atoms with van der Waals surface area (Å²) in [5.41, 5.74) is 0.0646. The van der Waals surface area contributed by atoms with Crippen molar-refractivity contribution in [2.45, 2.75) is 24.8 Å². The Morgan fingerprint density at radius 2 is 2.14 bits per heavy atom. The molecule has 0 aliphatic carbocycles. The molecule has 3 aliphatic heterocycles. The number of benzene rings is 1. The molecule has 7 nitrogen and oxygen atoms in total. The van der Waals surface area contributed by atoms with Crippen LogP contribution in [0.25, 0.3) is 0 Å². The van der Waals surface area contributed by atoms with Crippen molar-refractivity contribution in [3.8, 4) is 0 Å². The first-order valence-corrected chi connectivity index (χ1v) is 9.52. The molecule has 0 saturated carbocycles. The van der Waals surface area contributed by atoms with Gasteiger partial charge in [0.2, 0.25) is 11.8 Å². The fourth-order valence-electron chi connectivity index (χ4n) is 4.69. The Kier molecular flexibility index (Phi) is 4.06. The number of halogens is 1. The van der Waals surface area contributed by atoms with Crippen LogP contribution in [0, 0.1) is 17.7 Å². The van der Waals surface area contributed by atoms with E-state index >= 15 is 0 Å². The zero-order valence-electron chi connectivity index (χ0n) is 15.8. The van der Waals surface area contributed by atoms with Crippen molar-refractivity contribution < 1.29 is 23.2 Å². The Morgan fingerprint density at radius 3 is 2.86 bits per heavy atom. The molecule has 4 atom stereocenters. The van der Waals surface area contributed by atoms with Crippen molar-refractivity contribution in [1.82, 2.24) is 15.0 Å². The highest BCUT2D eigenvalue weighted by Crippen LogP contribution is 2.52. The first-order chi connectivity index (χ1) is 14.0. The molecule has 2 fully saturated rings. The van der Waals surface area contributed by atoms with E-state index in [-0.39, 0.29) is 24.2 Å². The fourth-order valence-corrected chi connectivity index (χ4v) is 4.69. The predicted octanol–water partition coefficient (Wildman–Crippen LogP) is 1.75. The molecule has 3 aliphatic rings. The van der Waals surface area contributed by atoms with Gasteiger partial charge in [0.05, 0.1) is 37.2 Å². The van der Waals surface area contributed by atoms with Crippen molar-refractivity contribution in [1.29, 1.82) is 0 Å². The van der Waals surface area contributed by atoms with Crippen LogP contribution in [0.3, 0.4) is 0 Å². The van der Waals surface area contributed by atoms with Crippen molar-refractivity contribution in [3.63, 3.8) is 0 Å². The average molecular weight is 397 g/mol. The first-order valence-electron chi connectivity index (χ1n) is 9.52. The summed E-state index contributed by atoms with van der Waals surface area (Å²) in [6.07, 6.45) is 4.93. The fraction of sp³-hybridized carbons (Fsp3) is 0.381. The molecule has 1 spiro atoms. The molecule has 0 N–H and O–H groups in total. The summed E-state index contributed by atoms with van der Waals surface area (Å²) in [5, 5.41) is 3.66. The number of amides is 2. The second-order valence-corrected chi connectivity index (χ2v) is 7.89. The number of aromatic nitrogens is 1. The largest absolute Gasteiger partial charge is 0.360 e. The van der Waals surface area contributed by atoms with Gasteiger partial charge in [0.25, 0.3) is 0 Å². The first kappa shape index (κ1) is 18.1. The van der Waals surface area contributed by atoms with Crippen LogP contribution in [0.15, 0.2) is 53.2 Å². The van der Waals surface area contributed by atoms with Gasteiger partial charge in [-0.25, -0.2) is 4.39 Å². The Labute approximate surface area is 166 Å². The third-order valence-corrected chi connectivity index (χ3v) is 6.01. The predicted molar refractivity (Wildman–Crippen MR) is 98.5 cm³/mol. The summed E-state index contributed by atoms with van der Waals surface area (Å²) in [7, 11) is 1.68. The van der Waals surface area contributed by atoms with E-state index in [0.717, 1.165) is 5.56 Å². The van der Waals surface area contributed by atoms with E-state index in [9.17, 15) is 14.0 Å². The Balaban J connectivity index is 1.36. The third-order valence-electron chi connectivity index (χ3n) is 6.01. The molecular formula is C21H20FN3O4. The van der Waals surface area contributed by atoms with Crippen LogP contribution in [0.1, 0.15) is 11.3 Å². The quantitative estimate of drug-likeness (QED) is 0.719. The molecule has 4 heterocycles. The monoisotopic (exact) mass is 397 g/mol. The molecule has 0 radical (unpaired) electrons. The molecule has 8 heteroatoms. The minimum absolute atomic E-state index is 0.104. The van der Waals surface area contributed by atoms with Crippen LogP contribution in [0.5, 0.6) is 0 Å². The topological polar surface area (TPSA) is 75.9 Å². The summed E-state index contributed by atoms with van der Waals surface area (Å²) in [4.78, 5) is 29.7. The van der Waals surface area contributed by atoms with E-state index in [1.807, 2.05) is 12.2 Å². The molecule has 2 aromatic rings. The van der Waals surface area contributed by atoms with Gasteiger partial charge in [-0.05, 0) is 17.7 Å². The van der Waals surface area contributed by atoms with Crippen LogP contribution >= 0.6 is 0 Å². The van der Waals surface area contributed by atoms with Gasteiger partial charge in [0.15, 0.2) is 5.76 Å². The number of fused-ring (bicyclic) bond motifs is 1. The minimum Gasteiger partial charge on any atom is -0.360 e. The van der Waals surface area contributed by atoms with Gasteiger partial charge in [0.1, 0.15) is 11.4 Å². The highest BCUT2D eigenvalue weighted by molar-refractivity contribution is 5.93. The third kappa shape index (κ3) is 2.86. The number of carbonyl (C=O) groups excluding carboxylic acids is 2. The summed E-state index contributed by atoms with van der Waals surface area (Å²) in [6, 6.07) is 7.78. The van der Waals surface area contributed by atoms with Gasteiger partial charge in [-0.15, -0.1) is 0 Å². The van der Waals surface area contributed by atoms with Crippen LogP contribution < -0.4 is 0 Å². The van der Waals surface area contributed by atoms with Gasteiger partial charge in [-0.3, -0.25) is 9.59 Å². The summed E-state index contributed by atoms with van der Waals surface area (Å²) < 4.78 is 24.4. The Morgan fingerprint density at radius 1 is 1.34 bits per heavy atom. The zero-order valence-corrected chi connectivity index (χ0v) is 15.8. The lowest BCUT2D eigenvalue weighted by Crippen LogP contribution is -2.44. The maximum Gasteiger partial charge on any atom is 0.230 e. The van der Waals surface area contributed by atoms with Gasteiger partial charge in [-0.2, -0.15) is 0 Å². The molecule has 1 aromatic heterocycles. The molecule has 150 valence electrons. The van der Waals surface area contributed by atoms with Crippen molar-refractivity contribution >= 4 is 11.8 Å². The number of carbonyl (C=O) groups is 2. The zero-order chi connectivity index (χ0) is 20.2. The second kappa shape index (κ2) is 6.52. The maximum absolute atomic E-state index is 13.2. The van der Waals surface area contributed by atoms with E-state index < -0.39 is 23.5 Å². The number of hydrogen-bond acceptors (Lipinski definition) is 5. The standard InChI is InChI=1S/C21H20FN3O4/c1-24(11-15-7-9-23-29-15)19(26)17-16-6-8-21(28-16)12-25(20(27)18(17)21)10-13-2-4-14(22)5-3-13/h2-9,16-18H,10-12H2,1H3/t16-,17-,18-,21-/m0/s1. The smallest absolute Gasteiger partial charge is 0.230 e. The summed E-state index contributed by atoms with van der Waals surface area (Å²) in [6.45, 7) is 1.02. The summed E-state index contributed by atoms with van der Waals surface area (Å²) in [5.74, 6) is -1.12. The highest BCUT2D eigenvalue weighted by Gasteiger charge is 2.67. The lowest BCUT2D eigenvalue weighted by molar-refractivity contribution is -0.143. The summed E-state index contributed by atoms with van der Waals surface area (Å²) >= 11 is 0. The SMILES string of the molecule is CN(Cc1ccno1)C(=O)[C@H]1[C@@H]2C=C[C@@]3(CN(Cc4ccc(F)cc4)C(=O)[C@H]13)O2. The number of rotatable bonds is 5. The average Bonchev–Trinajstić information content (AvgIpc) is 3.46. The van der Waals surface area contributed by atoms with E-state index in [1.54, 1.807) is 35.0 Å². The second-order valence-electron chi connectivity index (χ2n) is 7.89. The van der Waals surface area contributed by atoms with Crippen molar-refractivity contribution in [3.05, 3.63) is 65.8 Å². The minimum atomic E-state index is -0.769. The number of ether oxygens (including phenoxy) is 1. The molecule has 0 unspecified atom stereocenters. The van der Waals surface area contributed by atoms with E-state index in [2.05, 4.69) is 5.16 Å². The Bertz CT molecular complexity index is 974. The van der Waals surface area contributed by atoms with E-state index in [1.165, 1.54) is 18.3 Å². The molecular weight excluding hydrogens is 377 g/mol. The number of hydrogen-bond donors (Lipinski definition) is 0. The van der Waals surface area contributed by atoms with Crippen LogP contribution in [-0.4, -0.2) is 52.1 Å². The van der Waals surface area contributed by atoms with Gasteiger partial charge >= 0.3 is 0 Å². The Hall–Kier alpha value is -3.00. The molecule has 2 bridgehead atoms. The molecule has 1 aromatic carbocycles. The van der Waals surface area contributed by atoms with Crippen LogP contribution in [0.4, 0.5) is 4.39 Å². The number of likely N-dealkylation sites (tertiary alicyclic amines) is 1. The molecule has 29 heavy (non-hydrogen) atoms. The molecule has 5 rings (SSSR count). The maximum atomic E-state index is 13.2. The lowest BCUT2D eigenvalue weighted by Gasteiger charge is -2.27. The van der Waals surface area contributed by atoms with Crippen molar-refractivity contribution in [2.24, 2.45) is 11.8 Å². The molecule has 2 amide bonds. The number of nitrogens with zero attached hydrogens (tertiary/aromatic N) is 3. The normalized spacial score (nSPS) is 29.5. The van der Waals surface area contributed by atoms with Crippen molar-refractivity contribution in [2.75, 3.05) is 13.6 Å².